The van der Waals surface area contributed by atoms with Gasteiger partial charge in [-0.05, 0) is 6.42 Å². The maximum absolute atomic E-state index is 10.6. The third-order valence-electron chi connectivity index (χ3n) is 1.10. The second-order valence-electron chi connectivity index (χ2n) is 1.92. The molecule has 0 fully saturated rings. The highest BCUT2D eigenvalue weighted by atomic mass is 32.2. The Morgan fingerprint density at radius 1 is 1.90 bits per heavy atom. The Hall–Kier alpha value is -0.440. The van der Waals surface area contributed by atoms with Gasteiger partial charge >= 0.3 is 0 Å². The summed E-state index contributed by atoms with van der Waals surface area (Å²) in [6.07, 6.45) is 2.57. The van der Waals surface area contributed by atoms with Crippen LogP contribution in [-0.2, 0) is 4.79 Å². The van der Waals surface area contributed by atoms with Crippen LogP contribution in [0.4, 0.5) is 0 Å². The highest BCUT2D eigenvalue weighted by molar-refractivity contribution is 8.00. The fraction of sp³-hybridized carbons (Fsp3) is 0.571. The van der Waals surface area contributed by atoms with Gasteiger partial charge in [0.15, 0.2) is 0 Å². The normalized spacial score (nSPS) is 12.5. The van der Waals surface area contributed by atoms with E-state index in [1.54, 1.807) is 6.08 Å². The van der Waals surface area contributed by atoms with Gasteiger partial charge < -0.3 is 5.73 Å². The van der Waals surface area contributed by atoms with Crippen molar-refractivity contribution < 1.29 is 4.79 Å². The molecule has 0 aromatic heterocycles. The SMILES string of the molecule is C=CCSC(CC)C(N)=O. The summed E-state index contributed by atoms with van der Waals surface area (Å²) in [6.45, 7) is 5.50. The van der Waals surface area contributed by atoms with Crippen LogP contribution in [-0.4, -0.2) is 16.9 Å². The van der Waals surface area contributed by atoms with Gasteiger partial charge in [-0.15, -0.1) is 18.3 Å². The zero-order valence-electron chi connectivity index (χ0n) is 6.17. The Morgan fingerprint density at radius 2 is 2.50 bits per heavy atom. The van der Waals surface area contributed by atoms with Crippen LogP contribution in [0.2, 0.25) is 0 Å². The summed E-state index contributed by atoms with van der Waals surface area (Å²) in [7, 11) is 0. The van der Waals surface area contributed by atoms with Crippen LogP contribution in [0.5, 0.6) is 0 Å². The molecule has 2 nitrogen and oxygen atoms in total. The Balaban J connectivity index is 3.60. The van der Waals surface area contributed by atoms with E-state index in [1.165, 1.54) is 11.8 Å². The van der Waals surface area contributed by atoms with Crippen LogP contribution >= 0.6 is 11.8 Å². The number of nitrogens with two attached hydrogens (primary N) is 1. The maximum atomic E-state index is 10.6. The molecule has 0 spiro atoms. The molecule has 0 radical (unpaired) electrons. The number of amides is 1. The number of primary amides is 1. The monoisotopic (exact) mass is 159 g/mol. The van der Waals surface area contributed by atoms with Crippen LogP contribution in [0.1, 0.15) is 13.3 Å². The van der Waals surface area contributed by atoms with E-state index in [-0.39, 0.29) is 11.2 Å². The number of thioether (sulfide) groups is 1. The van der Waals surface area contributed by atoms with Crippen molar-refractivity contribution in [2.75, 3.05) is 5.75 Å². The van der Waals surface area contributed by atoms with Gasteiger partial charge in [-0.1, -0.05) is 13.0 Å². The highest BCUT2D eigenvalue weighted by Gasteiger charge is 2.10. The fourth-order valence-corrected chi connectivity index (χ4v) is 1.35. The van der Waals surface area contributed by atoms with Crippen molar-refractivity contribution in [1.29, 1.82) is 0 Å². The summed E-state index contributed by atoms with van der Waals surface area (Å²) < 4.78 is 0. The minimum atomic E-state index is -0.227. The van der Waals surface area contributed by atoms with Crippen molar-refractivity contribution in [1.82, 2.24) is 0 Å². The molecule has 58 valence electrons. The maximum Gasteiger partial charge on any atom is 0.230 e. The molecule has 0 aliphatic rings. The van der Waals surface area contributed by atoms with Crippen LogP contribution in [0, 0.1) is 0 Å². The molecular weight excluding hydrogens is 146 g/mol. The molecule has 1 amide bonds. The van der Waals surface area contributed by atoms with Crippen molar-refractivity contribution >= 4 is 17.7 Å². The lowest BCUT2D eigenvalue weighted by molar-refractivity contribution is -0.117. The molecular formula is C7H13NOS. The van der Waals surface area contributed by atoms with E-state index in [9.17, 15) is 4.79 Å². The van der Waals surface area contributed by atoms with Gasteiger partial charge in [-0.2, -0.15) is 0 Å². The molecule has 0 saturated heterocycles. The first-order valence-electron chi connectivity index (χ1n) is 3.24. The zero-order valence-corrected chi connectivity index (χ0v) is 6.99. The van der Waals surface area contributed by atoms with Gasteiger partial charge in [-0.25, -0.2) is 0 Å². The van der Waals surface area contributed by atoms with E-state index < -0.39 is 0 Å². The minimum Gasteiger partial charge on any atom is -0.369 e. The van der Waals surface area contributed by atoms with Crippen molar-refractivity contribution in [3.05, 3.63) is 12.7 Å². The molecule has 0 aliphatic heterocycles. The quantitative estimate of drug-likeness (QED) is 0.612. The predicted octanol–water partition coefficient (Wildman–Crippen LogP) is 1.17. The minimum absolute atomic E-state index is 0.0435. The van der Waals surface area contributed by atoms with Gasteiger partial charge in [-0.3, -0.25) is 4.79 Å². The topological polar surface area (TPSA) is 43.1 Å². The van der Waals surface area contributed by atoms with Crippen molar-refractivity contribution in [2.45, 2.75) is 18.6 Å². The molecule has 1 unspecified atom stereocenters. The number of hydrogen-bond acceptors (Lipinski definition) is 2. The molecule has 0 bridgehead atoms. The molecule has 1 atom stereocenters. The molecule has 0 rings (SSSR count). The van der Waals surface area contributed by atoms with E-state index in [4.69, 9.17) is 5.73 Å². The first kappa shape index (κ1) is 9.56. The van der Waals surface area contributed by atoms with E-state index in [0.29, 0.717) is 0 Å². The average Bonchev–Trinajstić information content (AvgIpc) is 1.89. The largest absolute Gasteiger partial charge is 0.369 e. The summed E-state index contributed by atoms with van der Waals surface area (Å²) >= 11 is 1.54. The first-order chi connectivity index (χ1) is 4.72. The molecule has 0 aliphatic carbocycles. The second kappa shape index (κ2) is 5.35. The Bertz CT molecular complexity index is 125. The van der Waals surface area contributed by atoms with Gasteiger partial charge in [0, 0.05) is 5.75 Å². The number of carbonyl (C=O) groups is 1. The van der Waals surface area contributed by atoms with E-state index >= 15 is 0 Å². The summed E-state index contributed by atoms with van der Waals surface area (Å²) in [5, 5.41) is -0.0435. The smallest absolute Gasteiger partial charge is 0.230 e. The third kappa shape index (κ3) is 3.56. The van der Waals surface area contributed by atoms with Crippen LogP contribution in [0.15, 0.2) is 12.7 Å². The molecule has 0 saturated carbocycles. The second-order valence-corrected chi connectivity index (χ2v) is 3.16. The summed E-state index contributed by atoms with van der Waals surface area (Å²) in [5.41, 5.74) is 5.09. The van der Waals surface area contributed by atoms with Crippen molar-refractivity contribution in [3.8, 4) is 0 Å². The lowest BCUT2D eigenvalue weighted by atomic mass is 10.3. The van der Waals surface area contributed by atoms with Gasteiger partial charge in [0.25, 0.3) is 0 Å². The molecule has 3 heteroatoms. The van der Waals surface area contributed by atoms with E-state index in [1.807, 2.05) is 6.92 Å². The Labute approximate surface area is 65.9 Å². The van der Waals surface area contributed by atoms with E-state index in [0.717, 1.165) is 12.2 Å². The van der Waals surface area contributed by atoms with Crippen molar-refractivity contribution in [3.63, 3.8) is 0 Å². The van der Waals surface area contributed by atoms with Crippen LogP contribution in [0.3, 0.4) is 0 Å². The number of hydrogen-bond donors (Lipinski definition) is 1. The predicted molar refractivity (Wildman–Crippen MR) is 45.9 cm³/mol. The molecule has 10 heavy (non-hydrogen) atoms. The molecule has 0 aromatic rings. The summed E-state index contributed by atoms with van der Waals surface area (Å²) in [4.78, 5) is 10.6. The summed E-state index contributed by atoms with van der Waals surface area (Å²) in [5.74, 6) is 0.566. The fourth-order valence-electron chi connectivity index (χ4n) is 0.585. The lowest BCUT2D eigenvalue weighted by Crippen LogP contribution is -2.25. The number of rotatable bonds is 5. The van der Waals surface area contributed by atoms with Gasteiger partial charge in [0.05, 0.1) is 5.25 Å². The Morgan fingerprint density at radius 3 is 2.80 bits per heavy atom. The van der Waals surface area contributed by atoms with Crippen LogP contribution in [0.25, 0.3) is 0 Å². The van der Waals surface area contributed by atoms with Gasteiger partial charge in [0.2, 0.25) is 5.91 Å². The third-order valence-corrected chi connectivity index (χ3v) is 2.50. The average molecular weight is 159 g/mol. The van der Waals surface area contributed by atoms with Crippen LogP contribution < -0.4 is 5.73 Å². The van der Waals surface area contributed by atoms with E-state index in [2.05, 4.69) is 6.58 Å². The van der Waals surface area contributed by atoms with Gasteiger partial charge in [0.1, 0.15) is 0 Å². The number of carbonyl (C=O) groups excluding carboxylic acids is 1. The lowest BCUT2D eigenvalue weighted by Gasteiger charge is -2.07. The molecule has 0 heterocycles. The zero-order chi connectivity index (χ0) is 7.98. The van der Waals surface area contributed by atoms with Crippen molar-refractivity contribution in [2.24, 2.45) is 5.73 Å². The summed E-state index contributed by atoms with van der Waals surface area (Å²) in [6, 6.07) is 0. The molecule has 2 N–H and O–H groups in total. The Kier molecular flexibility index (Phi) is 5.12. The standard InChI is InChI=1S/C7H13NOS/c1-3-5-10-6(4-2)7(8)9/h3,6H,1,4-5H2,2H3,(H2,8,9). The molecule has 0 aromatic carbocycles. The highest BCUT2D eigenvalue weighted by Crippen LogP contribution is 2.13. The first-order valence-corrected chi connectivity index (χ1v) is 4.29.